The second-order valence-electron chi connectivity index (χ2n) is 3.11. The van der Waals surface area contributed by atoms with Crippen LogP contribution in [-0.2, 0) is 6.42 Å². The molecule has 0 aliphatic carbocycles. The van der Waals surface area contributed by atoms with Crippen LogP contribution in [0.3, 0.4) is 0 Å². The second-order valence-corrected chi connectivity index (χ2v) is 4.06. The van der Waals surface area contributed by atoms with Crippen LogP contribution < -0.4 is 11.3 Å². The number of thiophene rings is 1. The van der Waals surface area contributed by atoms with Crippen LogP contribution in [0.15, 0.2) is 23.6 Å². The highest BCUT2D eigenvalue weighted by molar-refractivity contribution is 7.10. The van der Waals surface area contributed by atoms with Crippen molar-refractivity contribution >= 4 is 11.3 Å². The van der Waals surface area contributed by atoms with Gasteiger partial charge in [-0.05, 0) is 30.4 Å². The van der Waals surface area contributed by atoms with Crippen molar-refractivity contribution in [2.24, 2.45) is 5.84 Å². The third kappa shape index (κ3) is 2.18. The average molecular weight is 196 g/mol. The summed E-state index contributed by atoms with van der Waals surface area (Å²) in [6.45, 7) is 8.06. The van der Waals surface area contributed by atoms with Gasteiger partial charge in [0.2, 0.25) is 0 Å². The van der Waals surface area contributed by atoms with E-state index in [9.17, 15) is 0 Å². The summed E-state index contributed by atoms with van der Waals surface area (Å²) in [5, 5.41) is 2.10. The minimum atomic E-state index is 0.106. The van der Waals surface area contributed by atoms with E-state index in [-0.39, 0.29) is 6.04 Å². The zero-order valence-corrected chi connectivity index (χ0v) is 8.95. The van der Waals surface area contributed by atoms with E-state index in [2.05, 4.69) is 30.4 Å². The molecule has 1 heterocycles. The molecule has 0 fully saturated rings. The van der Waals surface area contributed by atoms with Gasteiger partial charge in [0.05, 0.1) is 6.04 Å². The molecule has 0 amide bonds. The standard InChI is InChI=1S/C10H16N2S/c1-4-8-5-6-13-10(8)9(12-11)7(2)3/h5-6,9,12H,2,4,11H2,1,3H3. The third-order valence-electron chi connectivity index (χ3n) is 2.08. The number of hydrazine groups is 1. The van der Waals surface area contributed by atoms with E-state index >= 15 is 0 Å². The van der Waals surface area contributed by atoms with Crippen molar-refractivity contribution in [2.45, 2.75) is 26.3 Å². The van der Waals surface area contributed by atoms with Gasteiger partial charge in [0.15, 0.2) is 0 Å². The van der Waals surface area contributed by atoms with Crippen LogP contribution in [0.1, 0.15) is 30.3 Å². The molecule has 72 valence electrons. The van der Waals surface area contributed by atoms with Gasteiger partial charge in [-0.2, -0.15) is 0 Å². The van der Waals surface area contributed by atoms with Gasteiger partial charge in [0, 0.05) is 4.88 Å². The zero-order valence-electron chi connectivity index (χ0n) is 8.13. The van der Waals surface area contributed by atoms with E-state index in [0.717, 1.165) is 12.0 Å². The fourth-order valence-corrected chi connectivity index (χ4v) is 2.48. The molecule has 0 saturated heterocycles. The van der Waals surface area contributed by atoms with Crippen LogP contribution in [0.5, 0.6) is 0 Å². The Balaban J connectivity index is 2.96. The van der Waals surface area contributed by atoms with E-state index < -0.39 is 0 Å². The van der Waals surface area contributed by atoms with Crippen LogP contribution >= 0.6 is 11.3 Å². The van der Waals surface area contributed by atoms with Gasteiger partial charge < -0.3 is 0 Å². The molecule has 13 heavy (non-hydrogen) atoms. The number of nitrogens with two attached hydrogens (primary N) is 1. The van der Waals surface area contributed by atoms with Crippen molar-refractivity contribution in [3.05, 3.63) is 34.0 Å². The van der Waals surface area contributed by atoms with Crippen molar-refractivity contribution < 1.29 is 0 Å². The minimum Gasteiger partial charge on any atom is -0.271 e. The smallest absolute Gasteiger partial charge is 0.0760 e. The summed E-state index contributed by atoms with van der Waals surface area (Å²) < 4.78 is 0. The first kappa shape index (κ1) is 10.4. The summed E-state index contributed by atoms with van der Waals surface area (Å²) in [4.78, 5) is 1.29. The number of rotatable bonds is 4. The summed E-state index contributed by atoms with van der Waals surface area (Å²) in [6, 6.07) is 2.25. The van der Waals surface area contributed by atoms with Gasteiger partial charge in [-0.15, -0.1) is 11.3 Å². The third-order valence-corrected chi connectivity index (χ3v) is 3.11. The van der Waals surface area contributed by atoms with Crippen LogP contribution in [0, 0.1) is 0 Å². The maximum absolute atomic E-state index is 5.48. The fraction of sp³-hybridized carbons (Fsp3) is 0.400. The van der Waals surface area contributed by atoms with Gasteiger partial charge in [-0.3, -0.25) is 5.84 Å². The number of aryl methyl sites for hydroxylation is 1. The lowest BCUT2D eigenvalue weighted by Gasteiger charge is -2.15. The van der Waals surface area contributed by atoms with Crippen molar-refractivity contribution in [2.75, 3.05) is 0 Å². The predicted octanol–water partition coefficient (Wildman–Crippen LogP) is 2.39. The molecule has 1 aromatic heterocycles. The van der Waals surface area contributed by atoms with Gasteiger partial charge in [-0.1, -0.05) is 19.1 Å². The summed E-state index contributed by atoms with van der Waals surface area (Å²) in [5.41, 5.74) is 5.20. The van der Waals surface area contributed by atoms with E-state index in [1.54, 1.807) is 11.3 Å². The maximum Gasteiger partial charge on any atom is 0.0760 e. The molecule has 3 heteroatoms. The Morgan fingerprint density at radius 1 is 1.77 bits per heavy atom. The fourth-order valence-electron chi connectivity index (χ4n) is 1.33. The van der Waals surface area contributed by atoms with Crippen molar-refractivity contribution in [3.63, 3.8) is 0 Å². The molecular formula is C10H16N2S. The van der Waals surface area contributed by atoms with Crippen molar-refractivity contribution in [3.8, 4) is 0 Å². The van der Waals surface area contributed by atoms with Crippen LogP contribution in [0.25, 0.3) is 0 Å². The topological polar surface area (TPSA) is 38.0 Å². The minimum absolute atomic E-state index is 0.106. The van der Waals surface area contributed by atoms with Gasteiger partial charge in [-0.25, -0.2) is 5.43 Å². The Kier molecular flexibility index (Phi) is 3.66. The monoisotopic (exact) mass is 196 g/mol. The average Bonchev–Trinajstić information content (AvgIpc) is 2.53. The Morgan fingerprint density at radius 2 is 2.46 bits per heavy atom. The summed E-state index contributed by atoms with van der Waals surface area (Å²) in [7, 11) is 0. The van der Waals surface area contributed by atoms with E-state index in [1.165, 1.54) is 10.4 Å². The lowest BCUT2D eigenvalue weighted by Crippen LogP contribution is -2.28. The molecule has 0 aromatic carbocycles. The van der Waals surface area contributed by atoms with E-state index in [1.807, 2.05) is 6.92 Å². The summed E-state index contributed by atoms with van der Waals surface area (Å²) in [5.74, 6) is 5.48. The molecule has 0 aliphatic rings. The highest BCUT2D eigenvalue weighted by atomic mass is 32.1. The first-order valence-electron chi connectivity index (χ1n) is 4.38. The summed E-state index contributed by atoms with van der Waals surface area (Å²) in [6.07, 6.45) is 1.05. The van der Waals surface area contributed by atoms with Crippen LogP contribution in [0.4, 0.5) is 0 Å². The number of hydrogen-bond donors (Lipinski definition) is 2. The quantitative estimate of drug-likeness (QED) is 0.441. The SMILES string of the molecule is C=C(C)C(NN)c1sccc1CC. The van der Waals surface area contributed by atoms with Crippen molar-refractivity contribution in [1.82, 2.24) is 5.43 Å². The molecule has 2 nitrogen and oxygen atoms in total. The molecular weight excluding hydrogens is 180 g/mol. The lowest BCUT2D eigenvalue weighted by molar-refractivity contribution is 0.632. The van der Waals surface area contributed by atoms with Gasteiger partial charge in [0.1, 0.15) is 0 Å². The second kappa shape index (κ2) is 4.56. The largest absolute Gasteiger partial charge is 0.271 e. The molecule has 0 saturated carbocycles. The molecule has 0 radical (unpaired) electrons. The molecule has 1 aromatic rings. The molecule has 0 spiro atoms. The molecule has 1 unspecified atom stereocenters. The lowest BCUT2D eigenvalue weighted by atomic mass is 10.1. The number of hydrogen-bond acceptors (Lipinski definition) is 3. The summed E-state index contributed by atoms with van der Waals surface area (Å²) >= 11 is 1.73. The predicted molar refractivity (Wildman–Crippen MR) is 58.6 cm³/mol. The number of nitrogens with one attached hydrogen (secondary N) is 1. The zero-order chi connectivity index (χ0) is 9.84. The molecule has 3 N–H and O–H groups in total. The van der Waals surface area contributed by atoms with Crippen LogP contribution in [0.2, 0.25) is 0 Å². The maximum atomic E-state index is 5.48. The van der Waals surface area contributed by atoms with Crippen LogP contribution in [-0.4, -0.2) is 0 Å². The van der Waals surface area contributed by atoms with Gasteiger partial charge in [0.25, 0.3) is 0 Å². The first-order chi connectivity index (χ1) is 6.20. The normalized spacial score (nSPS) is 12.8. The van der Waals surface area contributed by atoms with E-state index in [0.29, 0.717) is 0 Å². The molecule has 0 aliphatic heterocycles. The Bertz CT molecular complexity index is 291. The molecule has 0 bridgehead atoms. The molecule has 1 atom stereocenters. The first-order valence-corrected chi connectivity index (χ1v) is 5.26. The van der Waals surface area contributed by atoms with E-state index in [4.69, 9.17) is 5.84 Å². The Labute approximate surface area is 83.4 Å². The highest BCUT2D eigenvalue weighted by Gasteiger charge is 2.14. The Hall–Kier alpha value is -0.640. The molecule has 1 rings (SSSR count). The highest BCUT2D eigenvalue weighted by Crippen LogP contribution is 2.28. The van der Waals surface area contributed by atoms with Crippen molar-refractivity contribution in [1.29, 1.82) is 0 Å². The van der Waals surface area contributed by atoms with Gasteiger partial charge >= 0.3 is 0 Å². The Morgan fingerprint density at radius 3 is 2.92 bits per heavy atom.